The molecule has 31 heavy (non-hydrogen) atoms. The number of amides is 2. The Balaban J connectivity index is 1.87. The van der Waals surface area contributed by atoms with Gasteiger partial charge < -0.3 is 16.2 Å². The highest BCUT2D eigenvalue weighted by atomic mass is 19.1. The molecule has 9 nitrogen and oxygen atoms in total. The summed E-state index contributed by atoms with van der Waals surface area (Å²) >= 11 is 0. The van der Waals surface area contributed by atoms with E-state index in [-0.39, 0.29) is 48.6 Å². The highest BCUT2D eigenvalue weighted by Crippen LogP contribution is 2.37. The van der Waals surface area contributed by atoms with E-state index < -0.39 is 23.4 Å². The van der Waals surface area contributed by atoms with Gasteiger partial charge in [0, 0.05) is 31.4 Å². The second-order valence-electron chi connectivity index (χ2n) is 7.58. The Labute approximate surface area is 177 Å². The van der Waals surface area contributed by atoms with Crippen molar-refractivity contribution < 1.29 is 23.5 Å². The topological polar surface area (TPSA) is 137 Å². The van der Waals surface area contributed by atoms with Gasteiger partial charge in [0.1, 0.15) is 28.8 Å². The van der Waals surface area contributed by atoms with Crippen molar-refractivity contribution in [3.8, 4) is 11.8 Å². The molecule has 0 radical (unpaired) electrons. The molecule has 1 aromatic heterocycles. The predicted octanol–water partition coefficient (Wildman–Crippen LogP) is 1.56. The van der Waals surface area contributed by atoms with Crippen molar-refractivity contribution in [3.63, 3.8) is 0 Å². The molecule has 2 aromatic rings. The number of aromatic hydroxyl groups is 1. The van der Waals surface area contributed by atoms with Gasteiger partial charge in [0.05, 0.1) is 12.5 Å². The van der Waals surface area contributed by atoms with Crippen molar-refractivity contribution in [2.24, 2.45) is 5.73 Å². The average Bonchev–Trinajstić information content (AvgIpc) is 3.13. The van der Waals surface area contributed by atoms with Crippen LogP contribution in [0.15, 0.2) is 18.3 Å². The molecule has 1 aromatic carbocycles. The number of alkyl halides is 1. The maximum Gasteiger partial charge on any atom is 0.254 e. The van der Waals surface area contributed by atoms with Crippen LogP contribution in [0.5, 0.6) is 5.75 Å². The van der Waals surface area contributed by atoms with Crippen LogP contribution in [0.3, 0.4) is 0 Å². The van der Waals surface area contributed by atoms with Crippen LogP contribution in [0.25, 0.3) is 0 Å². The van der Waals surface area contributed by atoms with Crippen molar-refractivity contribution in [2.75, 3.05) is 18.4 Å². The highest BCUT2D eigenvalue weighted by molar-refractivity contribution is 5.99. The van der Waals surface area contributed by atoms with E-state index in [1.54, 1.807) is 11.8 Å². The molecule has 1 fully saturated rings. The van der Waals surface area contributed by atoms with Crippen molar-refractivity contribution >= 4 is 18.1 Å². The van der Waals surface area contributed by atoms with Gasteiger partial charge in [-0.05, 0) is 31.0 Å². The summed E-state index contributed by atoms with van der Waals surface area (Å²) in [6.45, 7) is 1.83. The first kappa shape index (κ1) is 22.2. The summed E-state index contributed by atoms with van der Waals surface area (Å²) in [5, 5.41) is 25.5. The molecule has 0 bridgehead atoms. The summed E-state index contributed by atoms with van der Waals surface area (Å²) in [4.78, 5) is 24.1. The number of phenolic OH excluding ortho intramolecular Hbond substituents is 1. The molecule has 2 heterocycles. The smallest absolute Gasteiger partial charge is 0.254 e. The largest absolute Gasteiger partial charge is 0.508 e. The second kappa shape index (κ2) is 8.69. The summed E-state index contributed by atoms with van der Waals surface area (Å²) in [6.07, 6.45) is -0.139. The zero-order chi connectivity index (χ0) is 22.8. The molecule has 2 unspecified atom stereocenters. The summed E-state index contributed by atoms with van der Waals surface area (Å²) in [6, 6.07) is 4.50. The lowest BCUT2D eigenvalue weighted by molar-refractivity contribution is -0.105. The van der Waals surface area contributed by atoms with Crippen LogP contribution in [0.1, 0.15) is 34.3 Å². The summed E-state index contributed by atoms with van der Waals surface area (Å²) in [7, 11) is 0. The molecule has 0 saturated carbocycles. The third-order valence-corrected chi connectivity index (χ3v) is 5.64. The molecule has 3 rings (SSSR count). The first-order valence-corrected chi connectivity index (χ1v) is 9.53. The van der Waals surface area contributed by atoms with E-state index in [0.29, 0.717) is 18.5 Å². The lowest BCUT2D eigenvalue weighted by Gasteiger charge is -2.43. The molecule has 11 heteroatoms. The number of nitrogens with two attached hydrogens (primary N) is 1. The first-order chi connectivity index (χ1) is 14.7. The minimum atomic E-state index is -1.59. The van der Waals surface area contributed by atoms with E-state index >= 15 is 4.39 Å². The van der Waals surface area contributed by atoms with E-state index in [1.165, 1.54) is 23.0 Å². The number of nitrogens with zero attached hydrogens (tertiary/aromatic N) is 4. The number of aryl methyl sites for hydroxylation is 1. The van der Waals surface area contributed by atoms with E-state index in [4.69, 9.17) is 5.73 Å². The molecule has 164 valence electrons. The van der Waals surface area contributed by atoms with Gasteiger partial charge >= 0.3 is 0 Å². The number of hydrogen-bond donors (Lipinski definition) is 3. The number of primary amides is 1. The van der Waals surface area contributed by atoms with Crippen LogP contribution in [0.4, 0.5) is 14.6 Å². The number of hydrogen-bond acceptors (Lipinski definition) is 6. The number of carbonyl (C=O) groups excluding carboxylic acids is 2. The van der Waals surface area contributed by atoms with Gasteiger partial charge in [-0.1, -0.05) is 0 Å². The highest BCUT2D eigenvalue weighted by Gasteiger charge is 2.46. The summed E-state index contributed by atoms with van der Waals surface area (Å²) in [5.41, 5.74) is 4.46. The SMILES string of the molecule is Cc1cc(F)c(CN2CCC(CC#N)(n3cc(C(N)=O)c(NC=O)n3)C(F)C2)cc1O. The van der Waals surface area contributed by atoms with Gasteiger partial charge in [0.25, 0.3) is 5.91 Å². The quantitative estimate of drug-likeness (QED) is 0.568. The van der Waals surface area contributed by atoms with E-state index in [1.807, 2.05) is 6.07 Å². The fourth-order valence-electron chi connectivity index (χ4n) is 3.83. The molecule has 2 atom stereocenters. The number of rotatable bonds is 7. The second-order valence-corrected chi connectivity index (χ2v) is 7.58. The van der Waals surface area contributed by atoms with Crippen LogP contribution in [0, 0.1) is 24.1 Å². The Morgan fingerprint density at radius 3 is 2.90 bits per heavy atom. The molecule has 1 aliphatic rings. The lowest BCUT2D eigenvalue weighted by Crippen LogP contribution is -2.54. The number of anilines is 1. The number of phenols is 1. The number of likely N-dealkylation sites (tertiary alicyclic amines) is 1. The minimum absolute atomic E-state index is 0.0465. The number of piperidine rings is 1. The van der Waals surface area contributed by atoms with Gasteiger partial charge in [-0.2, -0.15) is 10.4 Å². The maximum absolute atomic E-state index is 15.5. The fraction of sp³-hybridized carbons (Fsp3) is 0.400. The van der Waals surface area contributed by atoms with Crippen LogP contribution < -0.4 is 11.1 Å². The molecule has 0 spiro atoms. The molecule has 0 aliphatic carbocycles. The van der Waals surface area contributed by atoms with Crippen molar-refractivity contribution in [2.45, 2.75) is 38.0 Å². The van der Waals surface area contributed by atoms with Crippen molar-refractivity contribution in [1.82, 2.24) is 14.7 Å². The van der Waals surface area contributed by atoms with E-state index in [0.717, 1.165) is 0 Å². The van der Waals surface area contributed by atoms with Crippen LogP contribution in [-0.4, -0.2) is 51.4 Å². The normalized spacial score (nSPS) is 21.4. The maximum atomic E-state index is 15.5. The van der Waals surface area contributed by atoms with E-state index in [2.05, 4.69) is 10.4 Å². The number of nitriles is 1. The number of aromatic nitrogens is 2. The van der Waals surface area contributed by atoms with Gasteiger partial charge in [0.15, 0.2) is 5.82 Å². The fourth-order valence-corrected chi connectivity index (χ4v) is 3.83. The summed E-state index contributed by atoms with van der Waals surface area (Å²) < 4.78 is 30.9. The van der Waals surface area contributed by atoms with Gasteiger partial charge in [0.2, 0.25) is 6.41 Å². The first-order valence-electron chi connectivity index (χ1n) is 9.53. The predicted molar refractivity (Wildman–Crippen MR) is 106 cm³/mol. The zero-order valence-corrected chi connectivity index (χ0v) is 16.8. The minimum Gasteiger partial charge on any atom is -0.508 e. The number of benzene rings is 1. The molecule has 4 N–H and O–H groups in total. The van der Waals surface area contributed by atoms with Crippen molar-refractivity contribution in [3.05, 3.63) is 40.8 Å². The monoisotopic (exact) mass is 432 g/mol. The van der Waals surface area contributed by atoms with Gasteiger partial charge in [-0.25, -0.2) is 8.78 Å². The van der Waals surface area contributed by atoms with Gasteiger partial charge in [-0.15, -0.1) is 0 Å². The van der Waals surface area contributed by atoms with E-state index in [9.17, 15) is 24.3 Å². The van der Waals surface area contributed by atoms with Crippen LogP contribution in [0.2, 0.25) is 0 Å². The Hall–Kier alpha value is -3.52. The molecule has 1 saturated heterocycles. The Morgan fingerprint density at radius 2 is 2.29 bits per heavy atom. The van der Waals surface area contributed by atoms with Crippen molar-refractivity contribution in [1.29, 1.82) is 5.26 Å². The van der Waals surface area contributed by atoms with Gasteiger partial charge in [-0.3, -0.25) is 19.2 Å². The van der Waals surface area contributed by atoms with Crippen LogP contribution in [-0.2, 0) is 16.9 Å². The Bertz CT molecular complexity index is 1050. The van der Waals surface area contributed by atoms with Crippen LogP contribution >= 0.6 is 0 Å². The molecule has 1 aliphatic heterocycles. The number of carbonyl (C=O) groups is 2. The zero-order valence-electron chi connectivity index (χ0n) is 16.8. The third kappa shape index (κ3) is 4.20. The Morgan fingerprint density at radius 1 is 1.55 bits per heavy atom. The average molecular weight is 432 g/mol. The Kier molecular flexibility index (Phi) is 6.21. The molecule has 2 amide bonds. The standard InChI is InChI=1S/C20H22F2N6O3/c1-12-6-15(21)13(7-16(12)30)8-27-5-3-20(2-4-23,17(22)10-27)28-9-14(18(24)31)19(26-28)25-11-29/h6-7,9,11,17,30H,2-3,5,8,10H2,1H3,(H2,24,31)(H,25,26,29). The number of nitrogens with one attached hydrogen (secondary N) is 1. The number of halogens is 2. The third-order valence-electron chi connectivity index (χ3n) is 5.64. The molecular formula is C20H22F2N6O3. The summed E-state index contributed by atoms with van der Waals surface area (Å²) in [5.74, 6) is -1.52. The molecular weight excluding hydrogens is 410 g/mol. The lowest BCUT2D eigenvalue weighted by atomic mass is 9.83.